The van der Waals surface area contributed by atoms with Crippen LogP contribution in [0.3, 0.4) is 0 Å². The number of azo groups is 1. The summed E-state index contributed by atoms with van der Waals surface area (Å²) < 4.78 is 36.1. The van der Waals surface area contributed by atoms with Crippen molar-refractivity contribution >= 4 is 99.0 Å². The molecule has 0 saturated heterocycles. The van der Waals surface area contributed by atoms with Crippen molar-refractivity contribution in [1.82, 2.24) is 4.98 Å². The number of anilines is 1. The Hall–Kier alpha value is -3.18. The molecule has 6 aromatic rings. The molecule has 0 atom stereocenters. The Balaban J connectivity index is 0.00000294. The molecule has 0 saturated carbocycles. The first-order valence-electron chi connectivity index (χ1n) is 11.4. The van der Waals surface area contributed by atoms with Crippen molar-refractivity contribution in [2.45, 2.75) is 11.8 Å². The van der Waals surface area contributed by atoms with E-state index in [1.54, 1.807) is 41.8 Å². The van der Waals surface area contributed by atoms with Gasteiger partial charge >= 0.3 is 29.6 Å². The molecular weight excluding hydrogens is 527 g/mol. The van der Waals surface area contributed by atoms with Gasteiger partial charge in [0.05, 0.1) is 17.6 Å². The van der Waals surface area contributed by atoms with Gasteiger partial charge in [0.1, 0.15) is 16.3 Å². The van der Waals surface area contributed by atoms with Crippen molar-refractivity contribution in [2.75, 3.05) is 5.73 Å². The molecule has 0 unspecified atom stereocenters. The van der Waals surface area contributed by atoms with Gasteiger partial charge in [-0.3, -0.25) is 9.54 Å². The molecule has 2 heterocycles. The minimum atomic E-state index is -4.49. The summed E-state index contributed by atoms with van der Waals surface area (Å²) in [7, 11) is -4.49. The fraction of sp³-hybridized carbons (Fsp3) is 0.0357. The molecule has 0 radical (unpaired) electrons. The molecule has 2 aromatic heterocycles. The van der Waals surface area contributed by atoms with Gasteiger partial charge < -0.3 is 5.73 Å². The third kappa shape index (κ3) is 4.62. The Kier molecular flexibility index (Phi) is 7.08. The zero-order chi connectivity index (χ0) is 25.7. The van der Waals surface area contributed by atoms with Crippen LogP contribution < -0.4 is 5.73 Å². The first kappa shape index (κ1) is 26.4. The van der Waals surface area contributed by atoms with Crippen LogP contribution in [0.5, 0.6) is 0 Å². The van der Waals surface area contributed by atoms with E-state index < -0.39 is 10.1 Å². The molecule has 0 aliphatic heterocycles. The van der Waals surface area contributed by atoms with Crippen LogP contribution in [0.2, 0.25) is 0 Å². The predicted octanol–water partition coefficient (Wildman–Crippen LogP) is 7.17. The van der Waals surface area contributed by atoms with Crippen LogP contribution >= 0.6 is 11.3 Å². The number of pyridine rings is 1. The van der Waals surface area contributed by atoms with E-state index in [9.17, 15) is 13.0 Å². The summed E-state index contributed by atoms with van der Waals surface area (Å²) in [6, 6.07) is 24.4. The average Bonchev–Trinajstić information content (AvgIpc) is 3.27. The van der Waals surface area contributed by atoms with Crippen LogP contribution in [0.4, 0.5) is 17.1 Å². The number of fused-ring (bicyclic) bond motifs is 4. The minimum absolute atomic E-state index is 0. The molecule has 0 fully saturated rings. The van der Waals surface area contributed by atoms with Crippen LogP contribution in [0, 0.1) is 6.92 Å². The number of rotatable bonds is 4. The zero-order valence-corrected chi connectivity index (χ0v) is 21.2. The standard InChI is InChI=1S/C28H20N4O3S2.Na.H/c1-16-13-17(31-32-23-14-25(37(33,34)35)19-8-2-3-9-20(19)26(23)29)15-30-27(16)22-11-6-10-21-18-7-4-5-12-24(18)36-28(21)22;;/h2-15H,29H2,1H3,(H,33,34,35);;. The molecule has 0 amide bonds. The summed E-state index contributed by atoms with van der Waals surface area (Å²) in [5.41, 5.74) is 10.00. The van der Waals surface area contributed by atoms with E-state index in [1.165, 1.54) is 26.2 Å². The van der Waals surface area contributed by atoms with Crippen LogP contribution in [0.15, 0.2) is 100 Å². The van der Waals surface area contributed by atoms with Gasteiger partial charge in [-0.15, -0.1) is 21.6 Å². The maximum atomic E-state index is 12.0. The quantitative estimate of drug-likeness (QED) is 0.105. The van der Waals surface area contributed by atoms with E-state index in [1.807, 2.05) is 31.2 Å². The third-order valence-corrected chi connectivity index (χ3v) is 8.41. The number of aryl methyl sites for hydroxylation is 1. The van der Waals surface area contributed by atoms with Gasteiger partial charge in [-0.25, -0.2) is 0 Å². The van der Waals surface area contributed by atoms with Crippen molar-refractivity contribution in [3.05, 3.63) is 90.6 Å². The van der Waals surface area contributed by atoms with Crippen molar-refractivity contribution in [2.24, 2.45) is 10.2 Å². The molecule has 184 valence electrons. The van der Waals surface area contributed by atoms with Gasteiger partial charge in [0, 0.05) is 36.5 Å². The number of aromatic nitrogens is 1. The summed E-state index contributed by atoms with van der Waals surface area (Å²) >= 11 is 1.74. The summed E-state index contributed by atoms with van der Waals surface area (Å²) in [5, 5.41) is 11.7. The SMILES string of the molecule is Cc1cc(N=Nc2cc(S(=O)(=O)O)c3ccccc3c2N)cnc1-c1cccc2c1sc1ccccc12.[NaH]. The number of benzene rings is 4. The molecular formula is C28H21N4NaO3S2. The monoisotopic (exact) mass is 548 g/mol. The second-order valence-corrected chi connectivity index (χ2v) is 11.1. The van der Waals surface area contributed by atoms with Gasteiger partial charge in [0.15, 0.2) is 0 Å². The predicted molar refractivity (Wildman–Crippen MR) is 157 cm³/mol. The van der Waals surface area contributed by atoms with E-state index in [4.69, 9.17) is 10.7 Å². The van der Waals surface area contributed by atoms with E-state index >= 15 is 0 Å². The number of hydrogen-bond acceptors (Lipinski definition) is 7. The Labute approximate surface area is 245 Å². The molecule has 0 bridgehead atoms. The molecule has 0 aliphatic rings. The van der Waals surface area contributed by atoms with E-state index in [0.29, 0.717) is 16.5 Å². The van der Waals surface area contributed by atoms with Crippen molar-refractivity contribution in [3.8, 4) is 11.3 Å². The second kappa shape index (κ2) is 10.2. The molecule has 10 heteroatoms. The van der Waals surface area contributed by atoms with Crippen molar-refractivity contribution in [3.63, 3.8) is 0 Å². The van der Waals surface area contributed by atoms with E-state index in [0.717, 1.165) is 16.8 Å². The fourth-order valence-corrected chi connectivity index (χ4v) is 6.52. The van der Waals surface area contributed by atoms with E-state index in [2.05, 4.69) is 34.5 Å². The van der Waals surface area contributed by atoms with Crippen LogP contribution in [0.1, 0.15) is 5.56 Å². The zero-order valence-electron chi connectivity index (χ0n) is 19.6. The maximum absolute atomic E-state index is 12.0. The normalized spacial score (nSPS) is 11.9. The summed E-state index contributed by atoms with van der Waals surface area (Å²) in [5.74, 6) is 0. The molecule has 4 aromatic carbocycles. The molecule has 0 aliphatic carbocycles. The first-order chi connectivity index (χ1) is 17.8. The number of nitrogens with two attached hydrogens (primary N) is 1. The van der Waals surface area contributed by atoms with Crippen LogP contribution in [-0.2, 0) is 10.1 Å². The summed E-state index contributed by atoms with van der Waals surface area (Å²) in [6.07, 6.45) is 1.62. The third-order valence-electron chi connectivity index (χ3n) is 6.30. The topological polar surface area (TPSA) is 118 Å². The van der Waals surface area contributed by atoms with Crippen LogP contribution in [-0.4, -0.2) is 47.5 Å². The summed E-state index contributed by atoms with van der Waals surface area (Å²) in [4.78, 5) is 4.43. The first-order valence-corrected chi connectivity index (χ1v) is 13.6. The second-order valence-electron chi connectivity index (χ2n) is 8.67. The van der Waals surface area contributed by atoms with Crippen molar-refractivity contribution in [1.29, 1.82) is 0 Å². The Morgan fingerprint density at radius 3 is 2.29 bits per heavy atom. The number of hydrogen-bond donors (Lipinski definition) is 2. The van der Waals surface area contributed by atoms with Crippen LogP contribution in [0.25, 0.3) is 42.2 Å². The van der Waals surface area contributed by atoms with Gasteiger partial charge in [-0.05, 0) is 30.7 Å². The van der Waals surface area contributed by atoms with E-state index in [-0.39, 0.29) is 45.8 Å². The van der Waals surface area contributed by atoms with Gasteiger partial charge in [-0.1, -0.05) is 60.7 Å². The van der Waals surface area contributed by atoms with Gasteiger partial charge in [0.25, 0.3) is 10.1 Å². The Morgan fingerprint density at radius 1 is 0.868 bits per heavy atom. The Morgan fingerprint density at radius 2 is 1.55 bits per heavy atom. The number of thiophene rings is 1. The molecule has 38 heavy (non-hydrogen) atoms. The fourth-order valence-electron chi connectivity index (χ4n) is 4.59. The molecule has 7 nitrogen and oxygen atoms in total. The summed E-state index contributed by atoms with van der Waals surface area (Å²) in [6.45, 7) is 1.97. The van der Waals surface area contributed by atoms with Crippen molar-refractivity contribution < 1.29 is 13.0 Å². The average molecular weight is 549 g/mol. The molecule has 0 spiro atoms. The Bertz CT molecular complexity index is 2000. The van der Waals surface area contributed by atoms with Gasteiger partial charge in [0.2, 0.25) is 0 Å². The number of nitrogen functional groups attached to an aromatic ring is 1. The molecule has 3 N–H and O–H groups in total. The number of nitrogens with zero attached hydrogens (tertiary/aromatic N) is 3. The molecule has 6 rings (SSSR count). The van der Waals surface area contributed by atoms with Gasteiger partial charge in [-0.2, -0.15) is 8.42 Å².